The van der Waals surface area contributed by atoms with Crippen LogP contribution in [0, 0.1) is 5.92 Å². The van der Waals surface area contributed by atoms with Gasteiger partial charge in [-0.15, -0.1) is 10.2 Å². The first-order valence-electron chi connectivity index (χ1n) is 7.51. The van der Waals surface area contributed by atoms with Crippen LogP contribution in [0.25, 0.3) is 0 Å². The Morgan fingerprint density at radius 2 is 2.27 bits per heavy atom. The fraction of sp³-hybridized carbons (Fsp3) is 0.714. The summed E-state index contributed by atoms with van der Waals surface area (Å²) in [5, 5.41) is 12.1. The molecule has 0 bridgehead atoms. The van der Waals surface area contributed by atoms with E-state index in [-0.39, 0.29) is 30.2 Å². The Bertz CT molecular complexity index is 532. The molecule has 0 aliphatic carbocycles. The zero-order valence-electron chi connectivity index (χ0n) is 13.2. The van der Waals surface area contributed by atoms with Crippen molar-refractivity contribution in [2.45, 2.75) is 39.7 Å². The lowest BCUT2D eigenvalue weighted by Crippen LogP contribution is -2.33. The van der Waals surface area contributed by atoms with E-state index in [0.717, 1.165) is 5.01 Å². The third kappa shape index (κ3) is 4.23. The van der Waals surface area contributed by atoms with E-state index < -0.39 is 0 Å². The third-order valence-electron chi connectivity index (χ3n) is 3.51. The van der Waals surface area contributed by atoms with Crippen molar-refractivity contribution in [1.82, 2.24) is 15.1 Å². The summed E-state index contributed by atoms with van der Waals surface area (Å²) in [6.45, 7) is 7.58. The quantitative estimate of drug-likeness (QED) is 0.764. The minimum atomic E-state index is -0.314. The summed E-state index contributed by atoms with van der Waals surface area (Å²) in [5.74, 6) is -0.445. The Kier molecular flexibility index (Phi) is 5.84. The maximum atomic E-state index is 12.2. The van der Waals surface area contributed by atoms with Gasteiger partial charge < -0.3 is 15.0 Å². The topological polar surface area (TPSA) is 84.4 Å². The standard InChI is InChI=1S/C14H22N4O3S/c1-4-21-6-5-11-16-17-14(22-11)15-13(20)10-7-12(19)18(8-10)9(2)3/h9-10H,4-8H2,1-3H3,(H,15,17,20)/t10-/m1/s1. The minimum absolute atomic E-state index is 0.0322. The van der Waals surface area contributed by atoms with Crippen LogP contribution in [0.5, 0.6) is 0 Å². The number of rotatable bonds is 7. The predicted molar refractivity (Wildman–Crippen MR) is 83.7 cm³/mol. The number of aromatic nitrogens is 2. The Balaban J connectivity index is 1.86. The fourth-order valence-electron chi connectivity index (χ4n) is 2.32. The van der Waals surface area contributed by atoms with Gasteiger partial charge in [-0.2, -0.15) is 0 Å². The lowest BCUT2D eigenvalue weighted by atomic mass is 10.1. The van der Waals surface area contributed by atoms with Crippen LogP contribution < -0.4 is 5.32 Å². The second kappa shape index (κ2) is 7.64. The Morgan fingerprint density at radius 3 is 2.91 bits per heavy atom. The van der Waals surface area contributed by atoms with Crippen molar-refractivity contribution in [2.24, 2.45) is 5.92 Å². The number of nitrogens with zero attached hydrogens (tertiary/aromatic N) is 3. The van der Waals surface area contributed by atoms with E-state index in [1.807, 2.05) is 20.8 Å². The van der Waals surface area contributed by atoms with Crippen LogP contribution >= 0.6 is 11.3 Å². The number of ether oxygens (including phenoxy) is 1. The normalized spacial score (nSPS) is 18.3. The molecule has 7 nitrogen and oxygen atoms in total. The highest BCUT2D eigenvalue weighted by Crippen LogP contribution is 2.23. The van der Waals surface area contributed by atoms with Crippen molar-refractivity contribution in [3.8, 4) is 0 Å². The van der Waals surface area contributed by atoms with E-state index in [4.69, 9.17) is 4.74 Å². The van der Waals surface area contributed by atoms with E-state index in [9.17, 15) is 9.59 Å². The fourth-order valence-corrected chi connectivity index (χ4v) is 3.05. The molecular weight excluding hydrogens is 304 g/mol. The summed E-state index contributed by atoms with van der Waals surface area (Å²) in [6, 6.07) is 0.122. The first kappa shape index (κ1) is 16.8. The van der Waals surface area contributed by atoms with Crippen molar-refractivity contribution in [3.63, 3.8) is 0 Å². The van der Waals surface area contributed by atoms with Crippen LogP contribution in [-0.4, -0.2) is 52.7 Å². The molecule has 1 N–H and O–H groups in total. The average Bonchev–Trinajstić information content (AvgIpc) is 3.06. The molecule has 8 heteroatoms. The van der Waals surface area contributed by atoms with Crippen molar-refractivity contribution >= 4 is 28.3 Å². The van der Waals surface area contributed by atoms with E-state index in [2.05, 4.69) is 15.5 Å². The number of hydrogen-bond donors (Lipinski definition) is 1. The molecule has 0 radical (unpaired) electrons. The summed E-state index contributed by atoms with van der Waals surface area (Å²) in [7, 11) is 0. The van der Waals surface area contributed by atoms with Gasteiger partial charge in [0.15, 0.2) is 0 Å². The molecule has 122 valence electrons. The van der Waals surface area contributed by atoms with Gasteiger partial charge in [-0.05, 0) is 20.8 Å². The molecule has 1 aliphatic heterocycles. The van der Waals surface area contributed by atoms with Gasteiger partial charge >= 0.3 is 0 Å². The Morgan fingerprint density at radius 1 is 1.50 bits per heavy atom. The van der Waals surface area contributed by atoms with E-state index in [0.29, 0.717) is 31.3 Å². The number of nitrogens with one attached hydrogen (secondary N) is 1. The van der Waals surface area contributed by atoms with Crippen molar-refractivity contribution in [3.05, 3.63) is 5.01 Å². The molecule has 1 aliphatic rings. The number of amides is 2. The molecule has 1 aromatic rings. The highest BCUT2D eigenvalue weighted by molar-refractivity contribution is 7.15. The Labute approximate surface area is 134 Å². The van der Waals surface area contributed by atoms with Crippen molar-refractivity contribution in [1.29, 1.82) is 0 Å². The predicted octanol–water partition coefficient (Wildman–Crippen LogP) is 1.31. The summed E-state index contributed by atoms with van der Waals surface area (Å²) in [4.78, 5) is 25.8. The van der Waals surface area contributed by atoms with Gasteiger partial charge in [-0.1, -0.05) is 11.3 Å². The third-order valence-corrected chi connectivity index (χ3v) is 4.41. The van der Waals surface area contributed by atoms with Gasteiger partial charge in [0, 0.05) is 32.0 Å². The highest BCUT2D eigenvalue weighted by atomic mass is 32.1. The molecule has 2 amide bonds. The molecule has 2 rings (SSSR count). The molecule has 0 spiro atoms. The van der Waals surface area contributed by atoms with E-state index in [1.54, 1.807) is 4.90 Å². The number of carbonyl (C=O) groups excluding carboxylic acids is 2. The smallest absolute Gasteiger partial charge is 0.231 e. The average molecular weight is 326 g/mol. The second-order valence-corrected chi connectivity index (χ2v) is 6.54. The molecule has 0 saturated carbocycles. The van der Waals surface area contributed by atoms with Crippen LogP contribution in [-0.2, 0) is 20.7 Å². The minimum Gasteiger partial charge on any atom is -0.381 e. The summed E-state index contributed by atoms with van der Waals surface area (Å²) < 4.78 is 5.26. The molecule has 1 atom stereocenters. The zero-order chi connectivity index (χ0) is 16.1. The van der Waals surface area contributed by atoms with Crippen molar-refractivity contribution < 1.29 is 14.3 Å². The largest absolute Gasteiger partial charge is 0.381 e. The van der Waals surface area contributed by atoms with Gasteiger partial charge in [0.1, 0.15) is 5.01 Å². The maximum absolute atomic E-state index is 12.2. The monoisotopic (exact) mass is 326 g/mol. The molecular formula is C14H22N4O3S. The van der Waals surface area contributed by atoms with Crippen LogP contribution in [0.3, 0.4) is 0 Å². The van der Waals surface area contributed by atoms with Gasteiger partial charge in [-0.25, -0.2) is 0 Å². The molecule has 0 unspecified atom stereocenters. The number of likely N-dealkylation sites (tertiary alicyclic amines) is 1. The van der Waals surface area contributed by atoms with Crippen LogP contribution in [0.4, 0.5) is 5.13 Å². The maximum Gasteiger partial charge on any atom is 0.231 e. The second-order valence-electron chi connectivity index (χ2n) is 5.48. The summed E-state index contributed by atoms with van der Waals surface area (Å²) >= 11 is 1.35. The molecule has 22 heavy (non-hydrogen) atoms. The zero-order valence-corrected chi connectivity index (χ0v) is 14.0. The molecule has 1 aromatic heterocycles. The number of anilines is 1. The molecule has 0 aromatic carbocycles. The van der Waals surface area contributed by atoms with Crippen molar-refractivity contribution in [2.75, 3.05) is 25.1 Å². The van der Waals surface area contributed by atoms with E-state index >= 15 is 0 Å². The van der Waals surface area contributed by atoms with Crippen LogP contribution in [0.15, 0.2) is 0 Å². The summed E-state index contributed by atoms with van der Waals surface area (Å²) in [6.07, 6.45) is 0.949. The first-order valence-corrected chi connectivity index (χ1v) is 8.33. The van der Waals surface area contributed by atoms with Gasteiger partial charge in [0.05, 0.1) is 12.5 Å². The molecule has 1 fully saturated rings. The molecule has 1 saturated heterocycles. The lowest BCUT2D eigenvalue weighted by molar-refractivity contribution is -0.129. The summed E-state index contributed by atoms with van der Waals surface area (Å²) in [5.41, 5.74) is 0. The van der Waals surface area contributed by atoms with E-state index in [1.165, 1.54) is 11.3 Å². The van der Waals surface area contributed by atoms with Gasteiger partial charge in [-0.3, -0.25) is 9.59 Å². The van der Waals surface area contributed by atoms with Gasteiger partial charge in [0.25, 0.3) is 0 Å². The highest BCUT2D eigenvalue weighted by Gasteiger charge is 2.35. The Hall–Kier alpha value is -1.54. The van der Waals surface area contributed by atoms with Gasteiger partial charge in [0.2, 0.25) is 16.9 Å². The number of carbonyl (C=O) groups is 2. The lowest BCUT2D eigenvalue weighted by Gasteiger charge is -2.20. The molecule has 2 heterocycles. The number of hydrogen-bond acceptors (Lipinski definition) is 6. The first-order chi connectivity index (χ1) is 10.5. The van der Waals surface area contributed by atoms with Crippen LogP contribution in [0.1, 0.15) is 32.2 Å². The SMILES string of the molecule is CCOCCc1nnc(NC(=O)[C@@H]2CC(=O)N(C(C)C)C2)s1. The van der Waals surface area contributed by atoms with Crippen LogP contribution in [0.2, 0.25) is 0 Å².